The Hall–Kier alpha value is -1.40. The summed E-state index contributed by atoms with van der Waals surface area (Å²) >= 11 is 1.31. The van der Waals surface area contributed by atoms with Gasteiger partial charge in [-0.25, -0.2) is 0 Å². The molecule has 2 rings (SSSR count). The molecule has 1 unspecified atom stereocenters. The lowest BCUT2D eigenvalue weighted by Crippen LogP contribution is -2.53. The van der Waals surface area contributed by atoms with E-state index in [0.29, 0.717) is 10.6 Å². The highest BCUT2D eigenvalue weighted by molar-refractivity contribution is 7.14. The number of piperidine rings is 1. The highest BCUT2D eigenvalue weighted by Crippen LogP contribution is 2.31. The average molecular weight is 281 g/mol. The molecule has 104 valence electrons. The van der Waals surface area contributed by atoms with Gasteiger partial charge in [-0.1, -0.05) is 13.8 Å². The van der Waals surface area contributed by atoms with Gasteiger partial charge in [0.25, 0.3) is 5.91 Å². The van der Waals surface area contributed by atoms with Gasteiger partial charge < -0.3 is 16.4 Å². The minimum absolute atomic E-state index is 0.0908. The molecule has 0 radical (unpaired) electrons. The molecule has 0 aliphatic carbocycles. The number of carbonyl (C=O) groups is 2. The second-order valence-corrected chi connectivity index (χ2v) is 6.41. The number of anilines is 1. The maximum absolute atomic E-state index is 12.3. The third kappa shape index (κ3) is 2.96. The molecule has 0 aromatic carbocycles. The van der Waals surface area contributed by atoms with Gasteiger partial charge in [-0.3, -0.25) is 9.59 Å². The van der Waals surface area contributed by atoms with Crippen molar-refractivity contribution in [2.45, 2.75) is 32.7 Å². The second-order valence-electron chi connectivity index (χ2n) is 5.50. The Kier molecular flexibility index (Phi) is 3.91. The van der Waals surface area contributed by atoms with Crippen LogP contribution in [-0.2, 0) is 4.79 Å². The number of thiophene rings is 1. The number of nitrogens with two attached hydrogens (primary N) is 1. The van der Waals surface area contributed by atoms with Crippen molar-refractivity contribution in [1.29, 1.82) is 0 Å². The van der Waals surface area contributed by atoms with Gasteiger partial charge in [-0.15, -0.1) is 11.3 Å². The van der Waals surface area contributed by atoms with Crippen LogP contribution in [0.25, 0.3) is 0 Å². The van der Waals surface area contributed by atoms with E-state index in [1.807, 2.05) is 0 Å². The van der Waals surface area contributed by atoms with E-state index in [1.54, 1.807) is 11.4 Å². The van der Waals surface area contributed by atoms with E-state index in [0.717, 1.165) is 19.4 Å². The third-order valence-corrected chi connectivity index (χ3v) is 4.39. The van der Waals surface area contributed by atoms with E-state index in [1.165, 1.54) is 11.3 Å². The molecule has 0 saturated carbocycles. The third-order valence-electron chi connectivity index (χ3n) is 3.56. The molecule has 1 aromatic heterocycles. The molecule has 2 amide bonds. The molecule has 1 saturated heterocycles. The molecule has 4 N–H and O–H groups in total. The molecule has 0 spiro atoms. The molecule has 1 aliphatic rings. The van der Waals surface area contributed by atoms with E-state index in [9.17, 15) is 9.59 Å². The van der Waals surface area contributed by atoms with Crippen LogP contribution in [0.5, 0.6) is 0 Å². The first-order valence-corrected chi connectivity index (χ1v) is 7.21. The SMILES string of the molecule is CC1(C)CCCNC1C(=O)Nc1sccc1C(N)=O. The van der Waals surface area contributed by atoms with Crippen molar-refractivity contribution < 1.29 is 9.59 Å². The molecule has 1 atom stereocenters. The number of rotatable bonds is 3. The fourth-order valence-corrected chi connectivity index (χ4v) is 3.24. The molecule has 1 fully saturated rings. The highest BCUT2D eigenvalue weighted by atomic mass is 32.1. The smallest absolute Gasteiger partial charge is 0.251 e. The highest BCUT2D eigenvalue weighted by Gasteiger charge is 2.37. The van der Waals surface area contributed by atoms with E-state index in [2.05, 4.69) is 24.5 Å². The molecule has 1 aliphatic heterocycles. The van der Waals surface area contributed by atoms with Crippen molar-refractivity contribution >= 4 is 28.2 Å². The van der Waals surface area contributed by atoms with Gasteiger partial charge in [0.2, 0.25) is 5.91 Å². The summed E-state index contributed by atoms with van der Waals surface area (Å²) < 4.78 is 0. The fourth-order valence-electron chi connectivity index (χ4n) is 2.44. The van der Waals surface area contributed by atoms with Gasteiger partial charge >= 0.3 is 0 Å². The number of nitrogens with one attached hydrogen (secondary N) is 2. The first-order valence-electron chi connectivity index (χ1n) is 6.33. The van der Waals surface area contributed by atoms with Gasteiger partial charge in [0.05, 0.1) is 11.6 Å². The average Bonchev–Trinajstić information content (AvgIpc) is 2.76. The van der Waals surface area contributed by atoms with Crippen LogP contribution >= 0.6 is 11.3 Å². The van der Waals surface area contributed by atoms with Gasteiger partial charge in [0.1, 0.15) is 5.00 Å². The topological polar surface area (TPSA) is 84.2 Å². The number of amides is 2. The Morgan fingerprint density at radius 2 is 2.26 bits per heavy atom. The summed E-state index contributed by atoms with van der Waals surface area (Å²) in [4.78, 5) is 23.6. The molecule has 0 bridgehead atoms. The Bertz CT molecular complexity index is 496. The summed E-state index contributed by atoms with van der Waals surface area (Å²) in [6.07, 6.45) is 2.08. The lowest BCUT2D eigenvalue weighted by atomic mass is 9.77. The Morgan fingerprint density at radius 1 is 1.53 bits per heavy atom. The molecular weight excluding hydrogens is 262 g/mol. The molecular formula is C13H19N3O2S. The Balaban J connectivity index is 2.12. The summed E-state index contributed by atoms with van der Waals surface area (Å²) in [5.41, 5.74) is 5.54. The van der Waals surface area contributed by atoms with E-state index < -0.39 is 5.91 Å². The summed E-state index contributed by atoms with van der Waals surface area (Å²) in [6, 6.07) is 1.38. The van der Waals surface area contributed by atoms with Crippen molar-refractivity contribution in [2.75, 3.05) is 11.9 Å². The minimum atomic E-state index is -0.521. The maximum atomic E-state index is 12.3. The van der Waals surface area contributed by atoms with Gasteiger partial charge in [0.15, 0.2) is 0 Å². The zero-order valence-electron chi connectivity index (χ0n) is 11.2. The molecule has 19 heavy (non-hydrogen) atoms. The van der Waals surface area contributed by atoms with Crippen LogP contribution < -0.4 is 16.4 Å². The summed E-state index contributed by atoms with van der Waals surface area (Å²) in [7, 11) is 0. The van der Waals surface area contributed by atoms with Crippen molar-refractivity contribution in [2.24, 2.45) is 11.1 Å². The first-order chi connectivity index (χ1) is 8.92. The molecule has 5 nitrogen and oxygen atoms in total. The second kappa shape index (κ2) is 5.30. The predicted octanol–water partition coefficient (Wildman–Crippen LogP) is 1.56. The van der Waals surface area contributed by atoms with Crippen molar-refractivity contribution in [3.63, 3.8) is 0 Å². The minimum Gasteiger partial charge on any atom is -0.366 e. The van der Waals surface area contributed by atoms with Gasteiger partial charge in [-0.05, 0) is 36.2 Å². The summed E-state index contributed by atoms with van der Waals surface area (Å²) in [5, 5.41) is 8.33. The van der Waals surface area contributed by atoms with E-state index in [-0.39, 0.29) is 17.4 Å². The van der Waals surface area contributed by atoms with Crippen LogP contribution in [0, 0.1) is 5.41 Å². The zero-order chi connectivity index (χ0) is 14.0. The number of carbonyl (C=O) groups excluding carboxylic acids is 2. The lowest BCUT2D eigenvalue weighted by molar-refractivity contribution is -0.121. The zero-order valence-corrected chi connectivity index (χ0v) is 12.0. The standard InChI is InChI=1S/C13H19N3O2S/c1-13(2)5-3-6-15-9(13)11(18)16-12-8(10(14)17)4-7-19-12/h4,7,9,15H,3,5-6H2,1-2H3,(H2,14,17)(H,16,18). The monoisotopic (exact) mass is 281 g/mol. The quantitative estimate of drug-likeness (QED) is 0.786. The van der Waals surface area contributed by atoms with E-state index >= 15 is 0 Å². The van der Waals surface area contributed by atoms with Crippen molar-refractivity contribution in [3.8, 4) is 0 Å². The van der Waals surface area contributed by atoms with Crippen LogP contribution in [0.15, 0.2) is 11.4 Å². The molecule has 1 aromatic rings. The fraction of sp³-hybridized carbons (Fsp3) is 0.538. The summed E-state index contributed by atoms with van der Waals surface area (Å²) in [6.45, 7) is 4.99. The van der Waals surface area contributed by atoms with Gasteiger partial charge in [0, 0.05) is 0 Å². The number of hydrogen-bond donors (Lipinski definition) is 3. The van der Waals surface area contributed by atoms with Crippen LogP contribution in [0.3, 0.4) is 0 Å². The maximum Gasteiger partial charge on any atom is 0.251 e. The van der Waals surface area contributed by atoms with Crippen LogP contribution in [0.2, 0.25) is 0 Å². The predicted molar refractivity (Wildman–Crippen MR) is 76.3 cm³/mol. The summed E-state index contributed by atoms with van der Waals surface area (Å²) in [5.74, 6) is -0.623. The number of primary amides is 1. The number of hydrogen-bond acceptors (Lipinski definition) is 4. The van der Waals surface area contributed by atoms with Gasteiger partial charge in [-0.2, -0.15) is 0 Å². The van der Waals surface area contributed by atoms with Crippen LogP contribution in [0.1, 0.15) is 37.0 Å². The van der Waals surface area contributed by atoms with Crippen LogP contribution in [0.4, 0.5) is 5.00 Å². The Labute approximate surface area is 116 Å². The molecule has 2 heterocycles. The van der Waals surface area contributed by atoms with E-state index in [4.69, 9.17) is 5.73 Å². The Morgan fingerprint density at radius 3 is 2.89 bits per heavy atom. The van der Waals surface area contributed by atoms with Crippen molar-refractivity contribution in [3.05, 3.63) is 17.0 Å². The van der Waals surface area contributed by atoms with Crippen LogP contribution in [-0.4, -0.2) is 24.4 Å². The first kappa shape index (κ1) is 14.0. The largest absolute Gasteiger partial charge is 0.366 e. The van der Waals surface area contributed by atoms with Crippen molar-refractivity contribution in [1.82, 2.24) is 5.32 Å². The lowest BCUT2D eigenvalue weighted by Gasteiger charge is -2.38. The normalized spacial score (nSPS) is 21.9. The molecule has 6 heteroatoms.